The maximum Gasteiger partial charge on any atom is 0.133 e. The standard InChI is InChI=1S/C13H11Cl2N5S/c14-9-5-10(15)13(12-11(9)18-21-19-12)20-4-3-8(17-20)6-16-7-1-2-7/h3-5,7,16H,1-2,6H2. The predicted molar refractivity (Wildman–Crippen MR) is 84.4 cm³/mol. The van der Waals surface area contributed by atoms with Gasteiger partial charge in [-0.2, -0.15) is 13.8 Å². The van der Waals surface area contributed by atoms with Crippen molar-refractivity contribution in [2.45, 2.75) is 25.4 Å². The Bertz CT molecular complexity index is 808. The van der Waals surface area contributed by atoms with E-state index in [1.807, 2.05) is 12.3 Å². The van der Waals surface area contributed by atoms with E-state index in [-0.39, 0.29) is 0 Å². The largest absolute Gasteiger partial charge is 0.308 e. The minimum atomic E-state index is 0.510. The SMILES string of the molecule is Clc1cc(Cl)c2nsnc2c1-n1ccc(CNC2CC2)n1. The molecule has 5 nitrogen and oxygen atoms in total. The molecule has 1 aliphatic rings. The van der Waals surface area contributed by atoms with Crippen molar-refractivity contribution in [1.82, 2.24) is 23.8 Å². The van der Waals surface area contributed by atoms with Crippen LogP contribution in [0, 0.1) is 0 Å². The van der Waals surface area contributed by atoms with Gasteiger partial charge in [-0.1, -0.05) is 23.2 Å². The molecule has 8 heteroatoms. The third-order valence-electron chi connectivity index (χ3n) is 3.44. The van der Waals surface area contributed by atoms with Crippen molar-refractivity contribution in [2.75, 3.05) is 0 Å². The van der Waals surface area contributed by atoms with E-state index < -0.39 is 0 Å². The zero-order valence-electron chi connectivity index (χ0n) is 10.9. The van der Waals surface area contributed by atoms with Crippen LogP contribution in [-0.2, 0) is 6.54 Å². The summed E-state index contributed by atoms with van der Waals surface area (Å²) in [5.41, 5.74) is 3.04. The van der Waals surface area contributed by atoms with E-state index in [9.17, 15) is 0 Å². The van der Waals surface area contributed by atoms with Crippen molar-refractivity contribution in [3.63, 3.8) is 0 Å². The van der Waals surface area contributed by atoms with E-state index in [1.165, 1.54) is 12.8 Å². The summed E-state index contributed by atoms with van der Waals surface area (Å²) < 4.78 is 10.2. The number of nitrogens with zero attached hydrogens (tertiary/aromatic N) is 4. The highest BCUT2D eigenvalue weighted by molar-refractivity contribution is 7.00. The molecule has 0 atom stereocenters. The number of aromatic nitrogens is 4. The Morgan fingerprint density at radius 1 is 1.24 bits per heavy atom. The average molecular weight is 340 g/mol. The summed E-state index contributed by atoms with van der Waals surface area (Å²) in [6, 6.07) is 4.32. The third-order valence-corrected chi connectivity index (χ3v) is 4.55. The molecule has 0 bridgehead atoms. The zero-order valence-corrected chi connectivity index (χ0v) is 13.2. The summed E-state index contributed by atoms with van der Waals surface area (Å²) in [4.78, 5) is 0. The fourth-order valence-electron chi connectivity index (χ4n) is 2.20. The van der Waals surface area contributed by atoms with Crippen LogP contribution in [0.1, 0.15) is 18.5 Å². The number of nitrogens with one attached hydrogen (secondary N) is 1. The van der Waals surface area contributed by atoms with Gasteiger partial charge in [-0.15, -0.1) is 0 Å². The van der Waals surface area contributed by atoms with Gasteiger partial charge in [0, 0.05) is 18.8 Å². The molecule has 0 unspecified atom stereocenters. The summed E-state index contributed by atoms with van der Waals surface area (Å²) >= 11 is 13.6. The number of halogens is 2. The molecule has 0 aliphatic heterocycles. The number of fused-ring (bicyclic) bond motifs is 1. The van der Waals surface area contributed by atoms with Gasteiger partial charge in [0.1, 0.15) is 16.7 Å². The maximum atomic E-state index is 6.32. The molecular weight excluding hydrogens is 329 g/mol. The quantitative estimate of drug-likeness (QED) is 0.791. The monoisotopic (exact) mass is 339 g/mol. The summed E-state index contributed by atoms with van der Waals surface area (Å²) in [6.07, 6.45) is 4.40. The first-order valence-electron chi connectivity index (χ1n) is 6.61. The molecule has 0 saturated heterocycles. The summed E-state index contributed by atoms with van der Waals surface area (Å²) in [6.45, 7) is 0.765. The Hall–Kier alpha value is -1.21. The predicted octanol–water partition coefficient (Wildman–Crippen LogP) is 3.44. The number of hydrogen-bond donors (Lipinski definition) is 1. The molecule has 1 N–H and O–H groups in total. The van der Waals surface area contributed by atoms with Gasteiger partial charge < -0.3 is 5.32 Å². The Labute approximate surface area is 135 Å². The maximum absolute atomic E-state index is 6.32. The van der Waals surface area contributed by atoms with Crippen LogP contribution < -0.4 is 5.32 Å². The molecule has 21 heavy (non-hydrogen) atoms. The average Bonchev–Trinajstić information content (AvgIpc) is 2.97. The van der Waals surface area contributed by atoms with Crippen molar-refractivity contribution in [2.24, 2.45) is 0 Å². The molecule has 1 fully saturated rings. The lowest BCUT2D eigenvalue weighted by Gasteiger charge is -2.06. The molecule has 1 aliphatic carbocycles. The number of benzene rings is 1. The van der Waals surface area contributed by atoms with Crippen molar-refractivity contribution in [1.29, 1.82) is 0 Å². The second kappa shape index (κ2) is 5.21. The van der Waals surface area contributed by atoms with Gasteiger partial charge in [0.25, 0.3) is 0 Å². The lowest BCUT2D eigenvalue weighted by Crippen LogP contribution is -2.15. The fraction of sp³-hybridized carbons (Fsp3) is 0.308. The Kier molecular flexibility index (Phi) is 3.34. The molecule has 1 aromatic carbocycles. The normalized spacial score (nSPS) is 15.0. The summed E-state index contributed by atoms with van der Waals surface area (Å²) in [7, 11) is 0. The molecule has 1 saturated carbocycles. The summed E-state index contributed by atoms with van der Waals surface area (Å²) in [5.74, 6) is 0. The highest BCUT2D eigenvalue weighted by Gasteiger charge is 2.21. The van der Waals surface area contributed by atoms with Crippen molar-refractivity contribution < 1.29 is 0 Å². The molecule has 3 aromatic rings. The molecule has 0 spiro atoms. The van der Waals surface area contributed by atoms with Crippen LogP contribution >= 0.6 is 34.9 Å². The first-order valence-corrected chi connectivity index (χ1v) is 8.09. The van der Waals surface area contributed by atoms with Crippen molar-refractivity contribution in [3.05, 3.63) is 34.1 Å². The highest BCUT2D eigenvalue weighted by atomic mass is 35.5. The first-order chi connectivity index (χ1) is 10.2. The molecule has 2 aromatic heterocycles. The molecule has 0 radical (unpaired) electrons. The van der Waals surface area contributed by atoms with E-state index in [2.05, 4.69) is 19.2 Å². The van der Waals surface area contributed by atoms with Gasteiger partial charge in [-0.05, 0) is 25.0 Å². The smallest absolute Gasteiger partial charge is 0.133 e. The molecule has 2 heterocycles. The van der Waals surface area contributed by atoms with Crippen LogP contribution in [-0.4, -0.2) is 24.6 Å². The van der Waals surface area contributed by atoms with E-state index >= 15 is 0 Å². The van der Waals surface area contributed by atoms with Crippen LogP contribution in [0.4, 0.5) is 0 Å². The van der Waals surface area contributed by atoms with Crippen LogP contribution in [0.3, 0.4) is 0 Å². The van der Waals surface area contributed by atoms with Crippen LogP contribution in [0.15, 0.2) is 18.3 Å². The van der Waals surface area contributed by atoms with E-state index in [0.717, 1.165) is 29.7 Å². The van der Waals surface area contributed by atoms with E-state index in [0.29, 0.717) is 27.1 Å². The first kappa shape index (κ1) is 13.5. The Morgan fingerprint density at radius 2 is 2.05 bits per heavy atom. The second-order valence-electron chi connectivity index (χ2n) is 5.06. The topological polar surface area (TPSA) is 55.6 Å². The second-order valence-corrected chi connectivity index (χ2v) is 6.40. The van der Waals surface area contributed by atoms with E-state index in [1.54, 1.807) is 10.7 Å². The molecule has 108 valence electrons. The fourth-order valence-corrected chi connectivity index (χ4v) is 3.39. The minimum Gasteiger partial charge on any atom is -0.308 e. The van der Waals surface area contributed by atoms with Crippen molar-refractivity contribution in [3.8, 4) is 5.69 Å². The Balaban J connectivity index is 1.73. The highest BCUT2D eigenvalue weighted by Crippen LogP contribution is 2.33. The zero-order chi connectivity index (χ0) is 14.4. The number of hydrogen-bond acceptors (Lipinski definition) is 5. The van der Waals surface area contributed by atoms with Gasteiger partial charge in [-0.25, -0.2) is 4.68 Å². The Morgan fingerprint density at radius 3 is 2.86 bits per heavy atom. The molecule has 4 rings (SSSR count). The van der Waals surface area contributed by atoms with Gasteiger partial charge in [0.05, 0.1) is 27.5 Å². The van der Waals surface area contributed by atoms with Crippen molar-refractivity contribution >= 4 is 46.0 Å². The third kappa shape index (κ3) is 2.53. The molecular formula is C13H11Cl2N5S. The van der Waals surface area contributed by atoms with Gasteiger partial charge >= 0.3 is 0 Å². The lowest BCUT2D eigenvalue weighted by atomic mass is 10.2. The van der Waals surface area contributed by atoms with Crippen LogP contribution in [0.25, 0.3) is 16.7 Å². The summed E-state index contributed by atoms with van der Waals surface area (Å²) in [5, 5.41) is 9.03. The molecule has 0 amide bonds. The van der Waals surface area contributed by atoms with Crippen LogP contribution in [0.5, 0.6) is 0 Å². The van der Waals surface area contributed by atoms with Crippen LogP contribution in [0.2, 0.25) is 10.0 Å². The van der Waals surface area contributed by atoms with Gasteiger partial charge in [-0.3, -0.25) is 0 Å². The van der Waals surface area contributed by atoms with Gasteiger partial charge in [0.2, 0.25) is 0 Å². The van der Waals surface area contributed by atoms with Gasteiger partial charge in [0.15, 0.2) is 0 Å². The minimum absolute atomic E-state index is 0.510. The van der Waals surface area contributed by atoms with E-state index in [4.69, 9.17) is 23.2 Å². The lowest BCUT2D eigenvalue weighted by molar-refractivity contribution is 0.665. The number of rotatable bonds is 4.